The van der Waals surface area contributed by atoms with Crippen molar-refractivity contribution < 1.29 is 13.5 Å². The lowest BCUT2D eigenvalue weighted by Gasteiger charge is -2.10. The van der Waals surface area contributed by atoms with E-state index in [0.29, 0.717) is 21.8 Å². The standard InChI is InChI=1S/C13H10BrClF2N2O/c1-2-18-12-9(16)6-10(17)13(19-12)20-11-4-3-7(15)5-8(11)14/h3-6H,2H2,1H3,(H,18,19). The molecular weight excluding hydrogens is 354 g/mol. The Morgan fingerprint density at radius 3 is 2.70 bits per heavy atom. The third kappa shape index (κ3) is 3.37. The summed E-state index contributed by atoms with van der Waals surface area (Å²) >= 11 is 9.05. The summed E-state index contributed by atoms with van der Waals surface area (Å²) in [7, 11) is 0. The van der Waals surface area contributed by atoms with Crippen molar-refractivity contribution in [2.24, 2.45) is 0 Å². The summed E-state index contributed by atoms with van der Waals surface area (Å²) in [4.78, 5) is 3.78. The Balaban J connectivity index is 2.35. The first kappa shape index (κ1) is 15.0. The first-order valence-electron chi connectivity index (χ1n) is 5.74. The fourth-order valence-corrected chi connectivity index (χ4v) is 2.24. The Morgan fingerprint density at radius 1 is 1.30 bits per heavy atom. The van der Waals surface area contributed by atoms with Crippen LogP contribution in [0.4, 0.5) is 14.6 Å². The number of halogens is 4. The lowest BCUT2D eigenvalue weighted by atomic mass is 10.3. The molecule has 0 atom stereocenters. The summed E-state index contributed by atoms with van der Waals surface area (Å²) in [6, 6.07) is 5.48. The van der Waals surface area contributed by atoms with Crippen molar-refractivity contribution in [2.75, 3.05) is 11.9 Å². The van der Waals surface area contributed by atoms with Gasteiger partial charge in [-0.05, 0) is 41.1 Å². The number of ether oxygens (including phenoxy) is 1. The Morgan fingerprint density at radius 2 is 2.05 bits per heavy atom. The topological polar surface area (TPSA) is 34.2 Å². The van der Waals surface area contributed by atoms with Gasteiger partial charge in [0, 0.05) is 17.6 Å². The van der Waals surface area contributed by atoms with Crippen molar-refractivity contribution in [3.63, 3.8) is 0 Å². The van der Waals surface area contributed by atoms with Gasteiger partial charge in [-0.3, -0.25) is 0 Å². The van der Waals surface area contributed by atoms with Crippen LogP contribution in [0.3, 0.4) is 0 Å². The van der Waals surface area contributed by atoms with Gasteiger partial charge in [-0.15, -0.1) is 0 Å². The highest BCUT2D eigenvalue weighted by molar-refractivity contribution is 9.10. The highest BCUT2D eigenvalue weighted by atomic mass is 79.9. The van der Waals surface area contributed by atoms with Crippen LogP contribution in [-0.4, -0.2) is 11.5 Å². The molecule has 1 N–H and O–H groups in total. The Labute approximate surface area is 128 Å². The SMILES string of the molecule is CCNc1nc(Oc2ccc(Cl)cc2Br)c(F)cc1F. The molecule has 0 saturated heterocycles. The molecule has 0 amide bonds. The van der Waals surface area contributed by atoms with Gasteiger partial charge >= 0.3 is 0 Å². The van der Waals surface area contributed by atoms with Crippen molar-refractivity contribution in [1.82, 2.24) is 4.98 Å². The van der Waals surface area contributed by atoms with E-state index in [0.717, 1.165) is 6.07 Å². The van der Waals surface area contributed by atoms with Crippen LogP contribution < -0.4 is 10.1 Å². The smallest absolute Gasteiger partial charge is 0.258 e. The summed E-state index contributed by atoms with van der Waals surface area (Å²) in [5, 5.41) is 3.19. The molecule has 0 radical (unpaired) electrons. The second-order valence-corrected chi connectivity index (χ2v) is 5.10. The van der Waals surface area contributed by atoms with E-state index in [-0.39, 0.29) is 11.7 Å². The van der Waals surface area contributed by atoms with Gasteiger partial charge in [0.05, 0.1) is 4.47 Å². The van der Waals surface area contributed by atoms with Crippen LogP contribution >= 0.6 is 27.5 Å². The van der Waals surface area contributed by atoms with E-state index in [1.165, 1.54) is 0 Å². The third-order valence-corrected chi connectivity index (χ3v) is 3.20. The van der Waals surface area contributed by atoms with Crippen LogP contribution in [0.15, 0.2) is 28.7 Å². The van der Waals surface area contributed by atoms with Crippen LogP contribution in [0.25, 0.3) is 0 Å². The molecule has 1 aromatic heterocycles. The maximum Gasteiger partial charge on any atom is 0.258 e. The molecule has 0 fully saturated rings. The first-order chi connectivity index (χ1) is 9.51. The average molecular weight is 364 g/mol. The normalized spacial score (nSPS) is 10.4. The fraction of sp³-hybridized carbons (Fsp3) is 0.154. The fourth-order valence-electron chi connectivity index (χ4n) is 1.47. The van der Waals surface area contributed by atoms with Crippen LogP contribution in [-0.2, 0) is 0 Å². The summed E-state index contributed by atoms with van der Waals surface area (Å²) in [6.45, 7) is 2.24. The Hall–Kier alpha value is -1.40. The molecule has 3 nitrogen and oxygen atoms in total. The van der Waals surface area contributed by atoms with Crippen LogP contribution in [0.5, 0.6) is 11.6 Å². The first-order valence-corrected chi connectivity index (χ1v) is 6.91. The minimum atomic E-state index is -0.883. The number of hydrogen-bond donors (Lipinski definition) is 1. The minimum Gasteiger partial charge on any atom is -0.435 e. The van der Waals surface area contributed by atoms with Gasteiger partial charge in [0.2, 0.25) is 0 Å². The second-order valence-electron chi connectivity index (χ2n) is 3.81. The van der Waals surface area contributed by atoms with Crippen molar-refractivity contribution in [3.8, 4) is 11.6 Å². The van der Waals surface area contributed by atoms with Crippen LogP contribution in [0.1, 0.15) is 6.92 Å². The molecule has 0 unspecified atom stereocenters. The molecule has 106 valence electrons. The van der Waals surface area contributed by atoms with Gasteiger partial charge in [0.25, 0.3) is 5.88 Å². The summed E-state index contributed by atoms with van der Waals surface area (Å²) < 4.78 is 33.0. The van der Waals surface area contributed by atoms with Gasteiger partial charge in [0.15, 0.2) is 17.5 Å². The van der Waals surface area contributed by atoms with Crippen molar-refractivity contribution in [3.05, 3.63) is 45.4 Å². The van der Waals surface area contributed by atoms with Crippen molar-refractivity contribution in [2.45, 2.75) is 6.92 Å². The maximum atomic E-state index is 13.7. The third-order valence-electron chi connectivity index (χ3n) is 2.34. The quantitative estimate of drug-likeness (QED) is 0.830. The molecule has 0 aliphatic rings. The van der Waals surface area contributed by atoms with E-state index in [2.05, 4.69) is 26.2 Å². The highest BCUT2D eigenvalue weighted by Crippen LogP contribution is 2.33. The number of nitrogens with one attached hydrogen (secondary N) is 1. The number of aromatic nitrogens is 1. The van der Waals surface area contributed by atoms with E-state index in [9.17, 15) is 8.78 Å². The molecule has 1 heterocycles. The van der Waals surface area contributed by atoms with Crippen LogP contribution in [0, 0.1) is 11.6 Å². The molecule has 2 rings (SSSR count). The average Bonchev–Trinajstić information content (AvgIpc) is 2.38. The lowest BCUT2D eigenvalue weighted by Crippen LogP contribution is -2.04. The predicted molar refractivity (Wildman–Crippen MR) is 77.5 cm³/mol. The molecule has 0 aliphatic carbocycles. The number of anilines is 1. The zero-order valence-corrected chi connectivity index (χ0v) is 12.7. The van der Waals surface area contributed by atoms with E-state index in [1.54, 1.807) is 25.1 Å². The summed E-state index contributed by atoms with van der Waals surface area (Å²) in [5.74, 6) is -1.70. The van der Waals surface area contributed by atoms with Gasteiger partial charge in [-0.25, -0.2) is 8.78 Å². The Bertz CT molecular complexity index is 640. The largest absolute Gasteiger partial charge is 0.435 e. The number of benzene rings is 1. The number of rotatable bonds is 4. The predicted octanol–water partition coefficient (Wildman–Crippen LogP) is 5.00. The number of nitrogens with zero attached hydrogens (tertiary/aromatic N) is 1. The lowest BCUT2D eigenvalue weighted by molar-refractivity contribution is 0.416. The van der Waals surface area contributed by atoms with E-state index >= 15 is 0 Å². The molecule has 7 heteroatoms. The summed E-state index contributed by atoms with van der Waals surface area (Å²) in [6.07, 6.45) is 0. The van der Waals surface area contributed by atoms with Gasteiger partial charge < -0.3 is 10.1 Å². The van der Waals surface area contributed by atoms with Crippen LogP contribution in [0.2, 0.25) is 5.02 Å². The van der Waals surface area contributed by atoms with Crippen molar-refractivity contribution in [1.29, 1.82) is 0 Å². The van der Waals surface area contributed by atoms with Gasteiger partial charge in [-0.1, -0.05) is 11.6 Å². The van der Waals surface area contributed by atoms with Gasteiger partial charge in [0.1, 0.15) is 5.75 Å². The highest BCUT2D eigenvalue weighted by Gasteiger charge is 2.14. The molecule has 0 bridgehead atoms. The molecule has 0 aliphatic heterocycles. The minimum absolute atomic E-state index is 0.0611. The van der Waals surface area contributed by atoms with Gasteiger partial charge in [-0.2, -0.15) is 4.98 Å². The van der Waals surface area contributed by atoms with E-state index in [4.69, 9.17) is 16.3 Å². The Kier molecular flexibility index (Phi) is 4.77. The zero-order valence-electron chi connectivity index (χ0n) is 10.4. The molecular formula is C13H10BrClF2N2O. The molecule has 20 heavy (non-hydrogen) atoms. The number of hydrogen-bond acceptors (Lipinski definition) is 3. The second kappa shape index (κ2) is 6.37. The van der Waals surface area contributed by atoms with E-state index in [1.807, 2.05) is 0 Å². The monoisotopic (exact) mass is 362 g/mol. The molecule has 0 spiro atoms. The summed E-state index contributed by atoms with van der Waals surface area (Å²) in [5.41, 5.74) is 0. The maximum absolute atomic E-state index is 13.7. The van der Waals surface area contributed by atoms with Crippen molar-refractivity contribution >= 4 is 33.3 Å². The number of pyridine rings is 1. The van der Waals surface area contributed by atoms with E-state index < -0.39 is 11.6 Å². The molecule has 0 saturated carbocycles. The molecule has 2 aromatic rings. The zero-order chi connectivity index (χ0) is 14.7. The molecule has 1 aromatic carbocycles.